The van der Waals surface area contributed by atoms with Gasteiger partial charge in [0.15, 0.2) is 0 Å². The van der Waals surface area contributed by atoms with Gasteiger partial charge in [0.2, 0.25) is 0 Å². The second kappa shape index (κ2) is 7.11. The highest BCUT2D eigenvalue weighted by molar-refractivity contribution is 9.12. The van der Waals surface area contributed by atoms with Crippen LogP contribution in [-0.2, 0) is 11.6 Å². The number of halogens is 9. The molecule has 1 aromatic heterocycles. The van der Waals surface area contributed by atoms with Gasteiger partial charge in [0.25, 0.3) is 0 Å². The van der Waals surface area contributed by atoms with Crippen molar-refractivity contribution in [1.82, 2.24) is 9.97 Å². The molecule has 0 saturated carbocycles. The monoisotopic (exact) mass is 504 g/mol. The molecule has 1 unspecified atom stereocenters. The molecular formula is C17H9BrCl2F6N2. The number of benzene rings is 1. The summed E-state index contributed by atoms with van der Waals surface area (Å²) in [5.74, 6) is 0.186. The van der Waals surface area contributed by atoms with Crippen LogP contribution in [0.2, 0.25) is 10.0 Å². The molecule has 0 aliphatic heterocycles. The predicted molar refractivity (Wildman–Crippen MR) is 96.6 cm³/mol. The quantitative estimate of drug-likeness (QED) is 0.430. The van der Waals surface area contributed by atoms with Gasteiger partial charge in [-0.25, -0.2) is 4.98 Å². The molecule has 2 aromatic rings. The van der Waals surface area contributed by atoms with Gasteiger partial charge in [-0.3, -0.25) is 0 Å². The fourth-order valence-corrected chi connectivity index (χ4v) is 4.70. The number of hydrogen-bond acceptors (Lipinski definition) is 1. The average Bonchev–Trinajstić information content (AvgIpc) is 3.07. The van der Waals surface area contributed by atoms with Gasteiger partial charge in [0, 0.05) is 32.5 Å². The maximum atomic E-state index is 13.2. The number of allylic oxidation sites excluding steroid dienone is 4. The number of H-pyrrole nitrogens is 1. The number of aromatic amines is 1. The number of aromatic nitrogens is 2. The Morgan fingerprint density at radius 2 is 1.64 bits per heavy atom. The number of nitrogens with one attached hydrogen (secondary N) is 1. The molecule has 0 spiro atoms. The summed E-state index contributed by atoms with van der Waals surface area (Å²) in [7, 11) is 0. The molecule has 2 nitrogen and oxygen atoms in total. The van der Waals surface area contributed by atoms with E-state index < -0.39 is 28.9 Å². The van der Waals surface area contributed by atoms with E-state index in [4.69, 9.17) is 23.2 Å². The van der Waals surface area contributed by atoms with Crippen LogP contribution in [-0.4, -0.2) is 16.1 Å². The highest BCUT2D eigenvalue weighted by atomic mass is 79.9. The average molecular weight is 506 g/mol. The van der Waals surface area contributed by atoms with Gasteiger partial charge in [-0.1, -0.05) is 51.3 Å². The van der Waals surface area contributed by atoms with Gasteiger partial charge in [0.05, 0.1) is 16.6 Å². The summed E-state index contributed by atoms with van der Waals surface area (Å²) >= 11 is 15.2. The van der Waals surface area contributed by atoms with Crippen molar-refractivity contribution in [2.24, 2.45) is 0 Å². The van der Waals surface area contributed by atoms with Crippen LogP contribution >= 0.6 is 39.1 Å². The molecule has 1 heterocycles. The zero-order chi connectivity index (χ0) is 20.9. The summed E-state index contributed by atoms with van der Waals surface area (Å²) in [6.45, 7) is 0. The Balaban J connectivity index is 2.25. The van der Waals surface area contributed by atoms with E-state index in [0.717, 1.165) is 6.08 Å². The van der Waals surface area contributed by atoms with Crippen molar-refractivity contribution in [3.8, 4) is 0 Å². The molecule has 150 valence electrons. The van der Waals surface area contributed by atoms with E-state index in [1.165, 1.54) is 18.5 Å². The molecule has 1 N–H and O–H groups in total. The van der Waals surface area contributed by atoms with E-state index in [0.29, 0.717) is 12.1 Å². The molecular weight excluding hydrogens is 497 g/mol. The molecule has 28 heavy (non-hydrogen) atoms. The maximum Gasteiger partial charge on any atom is 0.417 e. The Hall–Kier alpha value is -1.45. The van der Waals surface area contributed by atoms with Crippen LogP contribution in [0.4, 0.5) is 26.3 Å². The van der Waals surface area contributed by atoms with Crippen molar-refractivity contribution < 1.29 is 26.3 Å². The molecule has 11 heteroatoms. The van der Waals surface area contributed by atoms with Crippen LogP contribution in [0.1, 0.15) is 23.4 Å². The van der Waals surface area contributed by atoms with E-state index in [9.17, 15) is 26.3 Å². The lowest BCUT2D eigenvalue weighted by molar-refractivity contribution is -0.137. The number of hydrogen-bond donors (Lipinski definition) is 1. The zero-order valence-corrected chi connectivity index (χ0v) is 16.6. The molecule has 1 aromatic carbocycles. The Bertz CT molecular complexity index is 940. The minimum absolute atomic E-state index is 0.0215. The van der Waals surface area contributed by atoms with E-state index in [1.807, 2.05) is 0 Å². The van der Waals surface area contributed by atoms with Crippen LogP contribution in [0.5, 0.6) is 0 Å². The number of nitrogens with zero attached hydrogens (tertiary/aromatic N) is 1. The Kier molecular flexibility index (Phi) is 5.40. The third-order valence-corrected chi connectivity index (χ3v) is 5.55. The second-order valence-electron chi connectivity index (χ2n) is 6.03. The van der Waals surface area contributed by atoms with Crippen LogP contribution in [0.3, 0.4) is 0 Å². The lowest BCUT2D eigenvalue weighted by atomic mass is 9.73. The molecule has 1 atom stereocenters. The summed E-state index contributed by atoms with van der Waals surface area (Å²) in [6, 6.07) is 1.39. The van der Waals surface area contributed by atoms with Gasteiger partial charge in [-0.15, -0.1) is 0 Å². The van der Waals surface area contributed by atoms with E-state index >= 15 is 0 Å². The predicted octanol–water partition coefficient (Wildman–Crippen LogP) is 7.19. The molecule has 0 bridgehead atoms. The number of imidazole rings is 1. The third kappa shape index (κ3) is 3.71. The van der Waals surface area contributed by atoms with Crippen LogP contribution < -0.4 is 0 Å². The zero-order valence-electron chi connectivity index (χ0n) is 13.5. The lowest BCUT2D eigenvalue weighted by Gasteiger charge is -2.34. The lowest BCUT2D eigenvalue weighted by Crippen LogP contribution is -2.31. The first-order valence-electron chi connectivity index (χ1n) is 7.59. The first kappa shape index (κ1) is 21.3. The first-order valence-corrected chi connectivity index (χ1v) is 9.14. The van der Waals surface area contributed by atoms with Crippen molar-refractivity contribution in [1.29, 1.82) is 0 Å². The van der Waals surface area contributed by atoms with Gasteiger partial charge in [-0.05, 0) is 18.6 Å². The summed E-state index contributed by atoms with van der Waals surface area (Å²) in [4.78, 5) is 6.89. The van der Waals surface area contributed by atoms with Gasteiger partial charge < -0.3 is 4.98 Å². The minimum Gasteiger partial charge on any atom is -0.348 e. The number of rotatable bonds is 2. The molecule has 3 rings (SSSR count). The van der Waals surface area contributed by atoms with Gasteiger partial charge >= 0.3 is 12.4 Å². The molecule has 0 radical (unpaired) electrons. The molecule has 1 aliphatic rings. The highest BCUT2D eigenvalue weighted by Crippen LogP contribution is 2.50. The Morgan fingerprint density at radius 1 is 1.04 bits per heavy atom. The molecule has 0 saturated heterocycles. The van der Waals surface area contributed by atoms with E-state index in [2.05, 4.69) is 25.9 Å². The standard InChI is InChI=1S/C17H9BrCl2F6N2/c18-10-7-15(14-27-3-4-28-14,2-1-9(10)17(24,25)26)13-11(19)5-8(6-12(13)20)16(21,22)23/h1,3-7H,2H2,(H,27,28). The summed E-state index contributed by atoms with van der Waals surface area (Å²) in [5, 5.41) is -0.673. The topological polar surface area (TPSA) is 28.7 Å². The van der Waals surface area contributed by atoms with E-state index in [1.54, 1.807) is 0 Å². The largest absolute Gasteiger partial charge is 0.417 e. The number of alkyl halides is 6. The second-order valence-corrected chi connectivity index (χ2v) is 7.70. The summed E-state index contributed by atoms with van der Waals surface area (Å²) in [5.41, 5.74) is -3.37. The van der Waals surface area contributed by atoms with Crippen molar-refractivity contribution in [3.63, 3.8) is 0 Å². The first-order chi connectivity index (χ1) is 12.9. The Morgan fingerprint density at radius 3 is 2.07 bits per heavy atom. The maximum absolute atomic E-state index is 13.2. The van der Waals surface area contributed by atoms with Crippen molar-refractivity contribution in [2.45, 2.75) is 24.2 Å². The minimum atomic E-state index is -4.68. The van der Waals surface area contributed by atoms with Gasteiger partial charge in [0.1, 0.15) is 5.82 Å². The summed E-state index contributed by atoms with van der Waals surface area (Å²) < 4.78 is 78.4. The van der Waals surface area contributed by atoms with Crippen molar-refractivity contribution >= 4 is 39.1 Å². The summed E-state index contributed by atoms with van der Waals surface area (Å²) in [6.07, 6.45) is -4.63. The van der Waals surface area contributed by atoms with Crippen molar-refractivity contribution in [2.75, 3.05) is 0 Å². The third-order valence-electron chi connectivity index (χ3n) is 4.30. The van der Waals surface area contributed by atoms with Gasteiger partial charge in [-0.2, -0.15) is 26.3 Å². The normalized spacial score (nSPS) is 20.8. The fourth-order valence-electron chi connectivity index (χ4n) is 3.09. The van der Waals surface area contributed by atoms with Crippen molar-refractivity contribution in [3.05, 3.63) is 73.7 Å². The molecule has 0 amide bonds. The van der Waals surface area contributed by atoms with E-state index in [-0.39, 0.29) is 32.3 Å². The highest BCUT2D eigenvalue weighted by Gasteiger charge is 2.45. The van der Waals surface area contributed by atoms with Crippen LogP contribution in [0.15, 0.2) is 46.7 Å². The Labute approximate surface area is 173 Å². The SMILES string of the molecule is FC(F)(F)C1=CCC(c2ncc[nH]2)(c2c(Cl)cc(C(F)(F)F)cc2Cl)C=C1Br. The molecule has 1 aliphatic carbocycles. The fraction of sp³-hybridized carbons (Fsp3) is 0.235. The van der Waals surface area contributed by atoms with Crippen LogP contribution in [0, 0.1) is 0 Å². The smallest absolute Gasteiger partial charge is 0.348 e. The molecule has 0 fully saturated rings. The van der Waals surface area contributed by atoms with Crippen LogP contribution in [0.25, 0.3) is 0 Å².